The van der Waals surface area contributed by atoms with Gasteiger partial charge in [-0.15, -0.1) is 0 Å². The predicted octanol–water partition coefficient (Wildman–Crippen LogP) is 3.70. The van der Waals surface area contributed by atoms with Crippen LogP contribution in [0.25, 0.3) is 11.2 Å². The number of H-pyrrole nitrogens is 1. The molecule has 0 radical (unpaired) electrons. The van der Waals surface area contributed by atoms with E-state index in [-0.39, 0.29) is 40.8 Å². The Balaban J connectivity index is 1.27. The number of nitrogens with zero attached hydrogens (tertiary/aromatic N) is 5. The average molecular weight is 596 g/mol. The zero-order chi connectivity index (χ0) is 31.0. The van der Waals surface area contributed by atoms with Gasteiger partial charge >= 0.3 is 5.69 Å². The molecule has 0 spiro atoms. The molecule has 0 unspecified atom stereocenters. The number of aromatic amines is 1. The molecule has 1 fully saturated rings. The smallest absolute Gasteiger partial charge is 0.333 e. The van der Waals surface area contributed by atoms with Crippen LogP contribution in [-0.2, 0) is 24.3 Å². The third-order valence-electron chi connectivity index (χ3n) is 7.67. The first-order valence-corrected chi connectivity index (χ1v) is 14.2. The van der Waals surface area contributed by atoms with Crippen LogP contribution in [0.15, 0.2) is 76.4 Å². The van der Waals surface area contributed by atoms with E-state index in [4.69, 9.17) is 0 Å². The van der Waals surface area contributed by atoms with Crippen molar-refractivity contribution in [2.45, 2.75) is 39.3 Å². The molecule has 224 valence electrons. The van der Waals surface area contributed by atoms with Crippen LogP contribution in [0, 0.1) is 11.7 Å². The molecule has 5 aromatic rings. The lowest BCUT2D eigenvalue weighted by atomic mass is 10.1. The van der Waals surface area contributed by atoms with Gasteiger partial charge in [-0.1, -0.05) is 30.3 Å². The molecule has 1 aliphatic carbocycles. The monoisotopic (exact) mass is 595 g/mol. The average Bonchev–Trinajstić information content (AvgIpc) is 3.74. The van der Waals surface area contributed by atoms with Gasteiger partial charge in [0, 0.05) is 44.4 Å². The molecule has 3 aromatic heterocycles. The van der Waals surface area contributed by atoms with Gasteiger partial charge in [-0.2, -0.15) is 0 Å². The van der Waals surface area contributed by atoms with Crippen LogP contribution in [0.1, 0.15) is 47.1 Å². The Morgan fingerprint density at radius 3 is 2.50 bits per heavy atom. The first-order chi connectivity index (χ1) is 21.2. The van der Waals surface area contributed by atoms with Gasteiger partial charge in [0.15, 0.2) is 5.65 Å². The number of carbonyl (C=O) groups excluding carboxylic acids is 2. The second-order valence-corrected chi connectivity index (χ2v) is 11.0. The molecule has 11 nitrogen and oxygen atoms in total. The van der Waals surface area contributed by atoms with Gasteiger partial charge in [0.1, 0.15) is 23.0 Å². The van der Waals surface area contributed by atoms with Crippen LogP contribution in [0.4, 0.5) is 15.9 Å². The minimum Gasteiger partial charge on any atom is -0.336 e. The largest absolute Gasteiger partial charge is 0.336 e. The van der Waals surface area contributed by atoms with Gasteiger partial charge in [-0.05, 0) is 54.7 Å². The van der Waals surface area contributed by atoms with Crippen molar-refractivity contribution in [3.05, 3.63) is 116 Å². The Bertz CT molecular complexity index is 2010. The summed E-state index contributed by atoms with van der Waals surface area (Å²) in [5, 5.41) is 2.58. The number of pyridine rings is 1. The molecule has 3 heterocycles. The highest BCUT2D eigenvalue weighted by atomic mass is 19.1. The molecule has 0 bridgehead atoms. The zero-order valence-corrected chi connectivity index (χ0v) is 24.2. The van der Waals surface area contributed by atoms with Crippen molar-refractivity contribution in [3.63, 3.8) is 0 Å². The van der Waals surface area contributed by atoms with Crippen molar-refractivity contribution >= 4 is 34.5 Å². The molecule has 1 aliphatic rings. The number of imidazole rings is 1. The normalized spacial score (nSPS) is 12.8. The maximum atomic E-state index is 14.4. The molecule has 2 amide bonds. The van der Waals surface area contributed by atoms with Gasteiger partial charge in [-0.3, -0.25) is 23.5 Å². The highest BCUT2D eigenvalue weighted by Gasteiger charge is 2.26. The van der Waals surface area contributed by atoms with E-state index in [0.29, 0.717) is 36.0 Å². The summed E-state index contributed by atoms with van der Waals surface area (Å²) < 4.78 is 17.0. The zero-order valence-electron chi connectivity index (χ0n) is 24.2. The van der Waals surface area contributed by atoms with Gasteiger partial charge in [0.05, 0.1) is 12.1 Å². The Hall–Kier alpha value is -5.39. The van der Waals surface area contributed by atoms with E-state index in [1.54, 1.807) is 49.5 Å². The number of hydrogen-bond acceptors (Lipinski definition) is 6. The third-order valence-corrected chi connectivity index (χ3v) is 7.67. The summed E-state index contributed by atoms with van der Waals surface area (Å²) >= 11 is 0. The predicted molar refractivity (Wildman–Crippen MR) is 163 cm³/mol. The summed E-state index contributed by atoms with van der Waals surface area (Å²) in [5.41, 5.74) is 1.42. The van der Waals surface area contributed by atoms with Crippen molar-refractivity contribution in [1.29, 1.82) is 0 Å². The first kappa shape index (κ1) is 28.7. The van der Waals surface area contributed by atoms with E-state index in [1.807, 2.05) is 12.1 Å². The van der Waals surface area contributed by atoms with Crippen LogP contribution < -0.4 is 21.5 Å². The number of aromatic nitrogens is 5. The van der Waals surface area contributed by atoms with Crippen LogP contribution in [0.2, 0.25) is 0 Å². The lowest BCUT2D eigenvalue weighted by Gasteiger charge is -2.19. The summed E-state index contributed by atoms with van der Waals surface area (Å²) in [6, 6.07) is 16.6. The summed E-state index contributed by atoms with van der Waals surface area (Å²) in [5.74, 6) is -0.134. The lowest BCUT2D eigenvalue weighted by molar-refractivity contribution is -0.114. The standard InChI is InChI=1S/C32H30FN7O4/c1-19(41)35-28-24(7-5-15-34-28)30(42)38(2)23-13-11-20(12-14-23)16-26-36-27-29(37-26)39(17-21-9-10-21)32(44)40(31(27)43)18-22-6-3-4-8-25(22)33/h3-8,11-15,21H,9-10,16-18H2,1-2H3,(H,36,37)(H,34,35,41). The molecule has 0 atom stereocenters. The topological polar surface area (TPSA) is 135 Å². The number of rotatable bonds is 9. The van der Waals surface area contributed by atoms with E-state index in [1.165, 1.54) is 28.7 Å². The molecule has 0 saturated heterocycles. The highest BCUT2D eigenvalue weighted by Crippen LogP contribution is 2.30. The molecule has 12 heteroatoms. The van der Waals surface area contributed by atoms with Crippen LogP contribution >= 0.6 is 0 Å². The van der Waals surface area contributed by atoms with Crippen molar-refractivity contribution in [1.82, 2.24) is 24.1 Å². The Morgan fingerprint density at radius 1 is 1.05 bits per heavy atom. The van der Waals surface area contributed by atoms with Gasteiger partial charge in [0.2, 0.25) is 5.91 Å². The number of amides is 2. The number of carbonyl (C=O) groups is 2. The Labute approximate surface area is 251 Å². The minimum absolute atomic E-state index is 0.182. The highest BCUT2D eigenvalue weighted by molar-refractivity contribution is 6.10. The Kier molecular flexibility index (Phi) is 7.64. The number of nitrogens with one attached hydrogen (secondary N) is 2. The van der Waals surface area contributed by atoms with Crippen molar-refractivity contribution < 1.29 is 14.0 Å². The van der Waals surface area contributed by atoms with Gasteiger partial charge < -0.3 is 15.2 Å². The molecule has 2 N–H and O–H groups in total. The molecule has 6 rings (SSSR count). The van der Waals surface area contributed by atoms with E-state index in [9.17, 15) is 23.6 Å². The third kappa shape index (κ3) is 5.78. The summed E-state index contributed by atoms with van der Waals surface area (Å²) in [6.07, 6.45) is 3.83. The molecule has 2 aromatic carbocycles. The van der Waals surface area contributed by atoms with Crippen LogP contribution in [0.3, 0.4) is 0 Å². The number of hydrogen-bond donors (Lipinski definition) is 2. The first-order valence-electron chi connectivity index (χ1n) is 14.2. The molecule has 0 aliphatic heterocycles. The Morgan fingerprint density at radius 2 is 1.80 bits per heavy atom. The number of halogens is 1. The van der Waals surface area contributed by atoms with Crippen molar-refractivity contribution in [3.8, 4) is 0 Å². The second-order valence-electron chi connectivity index (χ2n) is 11.0. The van der Waals surface area contributed by atoms with E-state index in [2.05, 4.69) is 20.3 Å². The molecule has 44 heavy (non-hydrogen) atoms. The maximum absolute atomic E-state index is 14.4. The summed E-state index contributed by atoms with van der Waals surface area (Å²) in [6.45, 7) is 1.60. The van der Waals surface area contributed by atoms with Crippen LogP contribution in [-0.4, -0.2) is 42.9 Å². The van der Waals surface area contributed by atoms with Crippen molar-refractivity contribution in [2.24, 2.45) is 5.92 Å². The lowest BCUT2D eigenvalue weighted by Crippen LogP contribution is -2.40. The fraction of sp³-hybridized carbons (Fsp3) is 0.250. The fourth-order valence-electron chi connectivity index (χ4n) is 5.13. The quantitative estimate of drug-likeness (QED) is 0.267. The van der Waals surface area contributed by atoms with E-state index < -0.39 is 17.1 Å². The number of anilines is 2. The number of benzene rings is 2. The van der Waals surface area contributed by atoms with Crippen LogP contribution in [0.5, 0.6) is 0 Å². The minimum atomic E-state index is -0.552. The summed E-state index contributed by atoms with van der Waals surface area (Å²) in [7, 11) is 1.63. The fourth-order valence-corrected chi connectivity index (χ4v) is 5.13. The number of fused-ring (bicyclic) bond motifs is 1. The molecular weight excluding hydrogens is 565 g/mol. The second kappa shape index (κ2) is 11.7. The van der Waals surface area contributed by atoms with Gasteiger partial charge in [0.25, 0.3) is 11.5 Å². The molecular formula is C32H30FN7O4. The van der Waals surface area contributed by atoms with Crippen molar-refractivity contribution in [2.75, 3.05) is 17.3 Å². The maximum Gasteiger partial charge on any atom is 0.333 e. The summed E-state index contributed by atoms with van der Waals surface area (Å²) in [4.78, 5) is 65.0. The van der Waals surface area contributed by atoms with E-state index in [0.717, 1.165) is 23.0 Å². The SMILES string of the molecule is CC(=O)Nc1ncccc1C(=O)N(C)c1ccc(Cc2nc3c([nH]2)c(=O)n(Cc2ccccc2F)c(=O)n3CC2CC2)cc1. The van der Waals surface area contributed by atoms with E-state index >= 15 is 0 Å². The van der Waals surface area contributed by atoms with Gasteiger partial charge in [-0.25, -0.2) is 19.2 Å². The molecule has 1 saturated carbocycles.